The summed E-state index contributed by atoms with van der Waals surface area (Å²) in [5, 5.41) is 0. The molecule has 0 aromatic heterocycles. The van der Waals surface area contributed by atoms with Gasteiger partial charge in [0.1, 0.15) is 0 Å². The van der Waals surface area contributed by atoms with E-state index in [2.05, 4.69) is 46.4 Å². The van der Waals surface area contributed by atoms with Gasteiger partial charge in [0.25, 0.3) is 0 Å². The van der Waals surface area contributed by atoms with E-state index >= 15 is 0 Å². The molecule has 4 N–H and O–H groups in total. The molecule has 0 amide bonds. The fraction of sp³-hybridized carbons (Fsp3) is 1.00. The molecule has 122 valence electrons. The molecule has 0 aliphatic heterocycles. The predicted octanol–water partition coefficient (Wildman–Crippen LogP) is 3.37. The van der Waals surface area contributed by atoms with Gasteiger partial charge < -0.3 is 11.5 Å². The minimum atomic E-state index is 0.330. The molecule has 0 radical (unpaired) electrons. The molecule has 0 aromatic carbocycles. The maximum Gasteiger partial charge on any atom is 0.00754 e. The van der Waals surface area contributed by atoms with E-state index in [-0.39, 0.29) is 0 Å². The Hall–Kier alpha value is -0.120. The van der Waals surface area contributed by atoms with Crippen molar-refractivity contribution in [1.29, 1.82) is 0 Å². The largest absolute Gasteiger partial charge is 0.330 e. The molecule has 0 aliphatic carbocycles. The molecule has 0 heterocycles. The Morgan fingerprint density at radius 1 is 0.850 bits per heavy atom. The van der Waals surface area contributed by atoms with Gasteiger partial charge >= 0.3 is 0 Å². The SMILES string of the molecule is CC(CC(C)N(C(C)C)C(C)C)C(N)CCCCCN. The van der Waals surface area contributed by atoms with Crippen molar-refractivity contribution in [1.82, 2.24) is 4.90 Å². The van der Waals surface area contributed by atoms with Crippen molar-refractivity contribution >= 4 is 0 Å². The maximum absolute atomic E-state index is 6.35. The van der Waals surface area contributed by atoms with Crippen LogP contribution in [0.2, 0.25) is 0 Å². The van der Waals surface area contributed by atoms with E-state index in [1.54, 1.807) is 0 Å². The molecule has 0 saturated carbocycles. The summed E-state index contributed by atoms with van der Waals surface area (Å²) in [5.74, 6) is 0.586. The minimum absolute atomic E-state index is 0.330. The zero-order valence-electron chi connectivity index (χ0n) is 14.7. The second-order valence-corrected chi connectivity index (χ2v) is 7.00. The molecule has 0 bridgehead atoms. The lowest BCUT2D eigenvalue weighted by molar-refractivity contribution is 0.103. The average molecular weight is 286 g/mol. The van der Waals surface area contributed by atoms with E-state index < -0.39 is 0 Å². The molecule has 3 nitrogen and oxygen atoms in total. The van der Waals surface area contributed by atoms with Crippen LogP contribution in [-0.2, 0) is 0 Å². The van der Waals surface area contributed by atoms with Crippen LogP contribution in [-0.4, -0.2) is 35.6 Å². The Morgan fingerprint density at radius 3 is 1.85 bits per heavy atom. The predicted molar refractivity (Wildman–Crippen MR) is 90.9 cm³/mol. The van der Waals surface area contributed by atoms with Crippen LogP contribution >= 0.6 is 0 Å². The monoisotopic (exact) mass is 285 g/mol. The number of hydrogen-bond acceptors (Lipinski definition) is 3. The van der Waals surface area contributed by atoms with Gasteiger partial charge in [0.2, 0.25) is 0 Å². The average Bonchev–Trinajstić information content (AvgIpc) is 2.33. The molecule has 0 aliphatic rings. The molecule has 0 spiro atoms. The lowest BCUT2D eigenvalue weighted by atomic mass is 9.90. The highest BCUT2D eigenvalue weighted by molar-refractivity contribution is 4.79. The summed E-state index contributed by atoms with van der Waals surface area (Å²) in [5.41, 5.74) is 11.9. The van der Waals surface area contributed by atoms with Gasteiger partial charge in [0, 0.05) is 24.2 Å². The molecule has 20 heavy (non-hydrogen) atoms. The highest BCUT2D eigenvalue weighted by Gasteiger charge is 2.23. The topological polar surface area (TPSA) is 55.3 Å². The van der Waals surface area contributed by atoms with Crippen LogP contribution in [0.1, 0.15) is 73.6 Å². The van der Waals surface area contributed by atoms with E-state index in [0.717, 1.165) is 19.4 Å². The van der Waals surface area contributed by atoms with Gasteiger partial charge in [-0.1, -0.05) is 19.8 Å². The Bertz CT molecular complexity index is 220. The maximum atomic E-state index is 6.35. The van der Waals surface area contributed by atoms with Gasteiger partial charge in [0.15, 0.2) is 0 Å². The van der Waals surface area contributed by atoms with Crippen molar-refractivity contribution in [3.8, 4) is 0 Å². The number of rotatable bonds is 11. The van der Waals surface area contributed by atoms with E-state index in [1.165, 1.54) is 19.3 Å². The normalized spacial score (nSPS) is 16.9. The summed E-state index contributed by atoms with van der Waals surface area (Å²) in [7, 11) is 0. The molecule has 0 aromatic rings. The van der Waals surface area contributed by atoms with Gasteiger partial charge in [-0.15, -0.1) is 0 Å². The fourth-order valence-corrected chi connectivity index (χ4v) is 3.43. The Labute approximate surface area is 127 Å². The van der Waals surface area contributed by atoms with E-state index in [9.17, 15) is 0 Å². The Morgan fingerprint density at radius 2 is 1.40 bits per heavy atom. The summed E-state index contributed by atoms with van der Waals surface area (Å²) < 4.78 is 0. The van der Waals surface area contributed by atoms with Crippen LogP contribution < -0.4 is 11.5 Å². The van der Waals surface area contributed by atoms with Crippen molar-refractivity contribution < 1.29 is 0 Å². The molecular weight excluding hydrogens is 246 g/mol. The third-order valence-corrected chi connectivity index (χ3v) is 4.39. The van der Waals surface area contributed by atoms with Crippen LogP contribution in [0.25, 0.3) is 0 Å². The van der Waals surface area contributed by atoms with Crippen LogP contribution in [0, 0.1) is 5.92 Å². The van der Waals surface area contributed by atoms with Crippen molar-refractivity contribution in [3.05, 3.63) is 0 Å². The van der Waals surface area contributed by atoms with Crippen LogP contribution in [0.15, 0.2) is 0 Å². The lowest BCUT2D eigenvalue weighted by Gasteiger charge is -2.38. The molecule has 3 unspecified atom stereocenters. The third-order valence-electron chi connectivity index (χ3n) is 4.39. The van der Waals surface area contributed by atoms with E-state index in [1.807, 2.05) is 0 Å². The number of unbranched alkanes of at least 4 members (excludes halogenated alkanes) is 2. The smallest absolute Gasteiger partial charge is 0.00754 e. The minimum Gasteiger partial charge on any atom is -0.330 e. The van der Waals surface area contributed by atoms with Gasteiger partial charge in [0.05, 0.1) is 0 Å². The van der Waals surface area contributed by atoms with Gasteiger partial charge in [-0.3, -0.25) is 4.90 Å². The molecule has 0 rings (SSSR count). The summed E-state index contributed by atoms with van der Waals surface area (Å²) in [4.78, 5) is 2.59. The number of nitrogens with zero attached hydrogens (tertiary/aromatic N) is 1. The standard InChI is InChI=1S/C17H39N3/c1-13(2)20(14(3)4)16(6)12-15(5)17(19)10-8-7-9-11-18/h13-17H,7-12,18-19H2,1-6H3. The van der Waals surface area contributed by atoms with E-state index in [0.29, 0.717) is 30.1 Å². The quantitative estimate of drug-likeness (QED) is 0.572. The first-order valence-corrected chi connectivity index (χ1v) is 8.54. The highest BCUT2D eigenvalue weighted by atomic mass is 15.2. The van der Waals surface area contributed by atoms with Crippen molar-refractivity contribution in [2.45, 2.75) is 97.8 Å². The number of nitrogens with two attached hydrogens (primary N) is 2. The Kier molecular flexibility index (Phi) is 10.5. The summed E-state index contributed by atoms with van der Waals surface area (Å²) in [6.45, 7) is 14.6. The van der Waals surface area contributed by atoms with Crippen molar-refractivity contribution in [3.63, 3.8) is 0 Å². The molecule has 0 fully saturated rings. The molecule has 0 saturated heterocycles. The third kappa shape index (κ3) is 7.61. The summed E-state index contributed by atoms with van der Waals surface area (Å²) in [6, 6.07) is 2.12. The number of hydrogen-bond donors (Lipinski definition) is 2. The first-order chi connectivity index (χ1) is 9.31. The molecule has 3 atom stereocenters. The van der Waals surface area contributed by atoms with Gasteiger partial charge in [-0.2, -0.15) is 0 Å². The van der Waals surface area contributed by atoms with Crippen LogP contribution in [0.4, 0.5) is 0 Å². The zero-order chi connectivity index (χ0) is 15.7. The fourth-order valence-electron chi connectivity index (χ4n) is 3.43. The van der Waals surface area contributed by atoms with Crippen molar-refractivity contribution in [2.24, 2.45) is 17.4 Å². The molecule has 3 heteroatoms. The van der Waals surface area contributed by atoms with Gasteiger partial charge in [-0.25, -0.2) is 0 Å². The zero-order valence-corrected chi connectivity index (χ0v) is 14.7. The molecular formula is C17H39N3. The second-order valence-electron chi connectivity index (χ2n) is 7.00. The van der Waals surface area contributed by atoms with Crippen LogP contribution in [0.5, 0.6) is 0 Å². The first kappa shape index (κ1) is 19.9. The van der Waals surface area contributed by atoms with Crippen LogP contribution in [0.3, 0.4) is 0 Å². The van der Waals surface area contributed by atoms with Gasteiger partial charge in [-0.05, 0) is 66.3 Å². The van der Waals surface area contributed by atoms with E-state index in [4.69, 9.17) is 11.5 Å². The lowest BCUT2D eigenvalue weighted by Crippen LogP contribution is -2.45. The summed E-state index contributed by atoms with van der Waals surface area (Å²) in [6.07, 6.45) is 5.89. The van der Waals surface area contributed by atoms with Crippen molar-refractivity contribution in [2.75, 3.05) is 6.54 Å². The second kappa shape index (κ2) is 10.6. The first-order valence-electron chi connectivity index (χ1n) is 8.54. The summed E-state index contributed by atoms with van der Waals surface area (Å²) >= 11 is 0. The Balaban J connectivity index is 4.18. The highest BCUT2D eigenvalue weighted by Crippen LogP contribution is 2.20.